The fourth-order valence-electron chi connectivity index (χ4n) is 1.31. The van der Waals surface area contributed by atoms with Crippen molar-refractivity contribution in [2.45, 2.75) is 0 Å². The minimum absolute atomic E-state index is 0.0605. The Kier molecular flexibility index (Phi) is 3.69. The highest BCUT2D eigenvalue weighted by atomic mass is 35.5. The van der Waals surface area contributed by atoms with Crippen molar-refractivity contribution in [3.05, 3.63) is 52.3 Å². The van der Waals surface area contributed by atoms with E-state index in [1.807, 2.05) is 0 Å². The molecule has 0 spiro atoms. The maximum atomic E-state index is 11.8. The summed E-state index contributed by atoms with van der Waals surface area (Å²) in [4.78, 5) is 15.6. The first-order chi connectivity index (χ1) is 8.56. The second-order valence-corrected chi connectivity index (χ2v) is 4.31. The summed E-state index contributed by atoms with van der Waals surface area (Å²) in [6.45, 7) is 0. The lowest BCUT2D eigenvalue weighted by atomic mass is 10.2. The van der Waals surface area contributed by atoms with Gasteiger partial charge in [-0.1, -0.05) is 23.2 Å². The van der Waals surface area contributed by atoms with Gasteiger partial charge in [0.2, 0.25) is 0 Å². The summed E-state index contributed by atoms with van der Waals surface area (Å²) in [6, 6.07) is 7.42. The summed E-state index contributed by atoms with van der Waals surface area (Å²) in [5.41, 5.74) is 0.571. The number of phenols is 1. The molecule has 0 aliphatic carbocycles. The quantitative estimate of drug-likeness (QED) is 0.656. The number of halogens is 2. The van der Waals surface area contributed by atoms with Crippen LogP contribution in [0.25, 0.3) is 0 Å². The van der Waals surface area contributed by atoms with E-state index in [2.05, 4.69) is 10.3 Å². The van der Waals surface area contributed by atoms with Gasteiger partial charge in [0, 0.05) is 11.2 Å². The summed E-state index contributed by atoms with van der Waals surface area (Å²) < 4.78 is 0. The second kappa shape index (κ2) is 5.25. The number of anilines is 1. The van der Waals surface area contributed by atoms with Gasteiger partial charge in [-0.2, -0.15) is 0 Å². The highest BCUT2D eigenvalue weighted by Gasteiger charge is 2.09. The van der Waals surface area contributed by atoms with E-state index in [-0.39, 0.29) is 11.4 Å². The number of benzene rings is 1. The second-order valence-electron chi connectivity index (χ2n) is 3.49. The van der Waals surface area contributed by atoms with Crippen molar-refractivity contribution in [2.24, 2.45) is 0 Å². The summed E-state index contributed by atoms with van der Waals surface area (Å²) >= 11 is 11.4. The van der Waals surface area contributed by atoms with Crippen LogP contribution in [0.3, 0.4) is 0 Å². The van der Waals surface area contributed by atoms with Crippen LogP contribution in [-0.4, -0.2) is 16.0 Å². The average Bonchev–Trinajstić information content (AvgIpc) is 2.34. The number of carbonyl (C=O) groups is 1. The number of hydrogen-bond donors (Lipinski definition) is 2. The van der Waals surface area contributed by atoms with E-state index in [4.69, 9.17) is 23.2 Å². The van der Waals surface area contributed by atoms with Gasteiger partial charge in [0.05, 0.1) is 11.3 Å². The fraction of sp³-hybridized carbons (Fsp3) is 0. The number of carbonyl (C=O) groups excluding carboxylic acids is 1. The molecule has 2 rings (SSSR count). The molecule has 92 valence electrons. The zero-order valence-electron chi connectivity index (χ0n) is 9.02. The predicted octanol–water partition coefficient (Wildman–Crippen LogP) is 3.35. The van der Waals surface area contributed by atoms with Crippen molar-refractivity contribution in [3.63, 3.8) is 0 Å². The molecule has 0 aliphatic rings. The molecule has 2 N–H and O–H groups in total. The molecule has 1 heterocycles. The SMILES string of the molecule is O=C(Nc1cc(Cl)ccc1O)c1ccc(Cl)nc1. The van der Waals surface area contributed by atoms with Crippen molar-refractivity contribution < 1.29 is 9.90 Å². The van der Waals surface area contributed by atoms with Crippen LogP contribution in [0, 0.1) is 0 Å². The average molecular weight is 283 g/mol. The standard InChI is InChI=1S/C12H8Cl2N2O2/c13-8-2-3-10(17)9(5-8)16-12(18)7-1-4-11(14)15-6-7/h1-6,17H,(H,16,18). The topological polar surface area (TPSA) is 62.2 Å². The molecule has 0 fully saturated rings. The normalized spacial score (nSPS) is 10.1. The van der Waals surface area contributed by atoms with Gasteiger partial charge in [-0.05, 0) is 30.3 Å². The summed E-state index contributed by atoms with van der Waals surface area (Å²) in [7, 11) is 0. The first kappa shape index (κ1) is 12.7. The maximum Gasteiger partial charge on any atom is 0.257 e. The lowest BCUT2D eigenvalue weighted by molar-refractivity contribution is 0.102. The van der Waals surface area contributed by atoms with Crippen molar-refractivity contribution in [2.75, 3.05) is 5.32 Å². The first-order valence-corrected chi connectivity index (χ1v) is 5.73. The van der Waals surface area contributed by atoms with E-state index in [0.29, 0.717) is 15.7 Å². The van der Waals surface area contributed by atoms with Gasteiger partial charge in [0.15, 0.2) is 0 Å². The van der Waals surface area contributed by atoms with Crippen LogP contribution in [0.5, 0.6) is 5.75 Å². The number of nitrogens with one attached hydrogen (secondary N) is 1. The Labute approximate surface area is 113 Å². The van der Waals surface area contributed by atoms with Gasteiger partial charge in [-0.15, -0.1) is 0 Å². The van der Waals surface area contributed by atoms with Gasteiger partial charge in [0.1, 0.15) is 10.9 Å². The minimum Gasteiger partial charge on any atom is -0.506 e. The zero-order chi connectivity index (χ0) is 13.1. The van der Waals surface area contributed by atoms with E-state index >= 15 is 0 Å². The molecule has 1 amide bonds. The Hall–Kier alpha value is -1.78. The van der Waals surface area contributed by atoms with Gasteiger partial charge >= 0.3 is 0 Å². The van der Waals surface area contributed by atoms with Crippen LogP contribution in [0.1, 0.15) is 10.4 Å². The number of pyridine rings is 1. The van der Waals surface area contributed by atoms with E-state index in [0.717, 1.165) is 0 Å². The zero-order valence-corrected chi connectivity index (χ0v) is 10.5. The molecule has 0 saturated carbocycles. The third kappa shape index (κ3) is 2.91. The van der Waals surface area contributed by atoms with Crippen LogP contribution in [0.15, 0.2) is 36.5 Å². The summed E-state index contributed by atoms with van der Waals surface area (Å²) in [6.07, 6.45) is 1.35. The molecule has 0 unspecified atom stereocenters. The highest BCUT2D eigenvalue weighted by molar-refractivity contribution is 6.31. The largest absolute Gasteiger partial charge is 0.506 e. The monoisotopic (exact) mass is 282 g/mol. The molecule has 6 heteroatoms. The predicted molar refractivity (Wildman–Crippen MR) is 70.3 cm³/mol. The number of rotatable bonds is 2. The highest BCUT2D eigenvalue weighted by Crippen LogP contribution is 2.26. The molecule has 0 aliphatic heterocycles. The minimum atomic E-state index is -0.406. The van der Waals surface area contributed by atoms with Gasteiger partial charge in [-0.25, -0.2) is 4.98 Å². The first-order valence-electron chi connectivity index (χ1n) is 4.97. The summed E-state index contributed by atoms with van der Waals surface area (Å²) in [5, 5.41) is 12.8. The molecule has 1 aromatic carbocycles. The van der Waals surface area contributed by atoms with E-state index in [9.17, 15) is 9.90 Å². The van der Waals surface area contributed by atoms with Gasteiger partial charge in [-0.3, -0.25) is 4.79 Å². The Morgan fingerprint density at radius 2 is 2.00 bits per heavy atom. The van der Waals surface area contributed by atoms with Crippen LogP contribution >= 0.6 is 23.2 Å². The Morgan fingerprint density at radius 3 is 2.67 bits per heavy atom. The van der Waals surface area contributed by atoms with E-state index in [1.165, 1.54) is 36.5 Å². The number of nitrogens with zero attached hydrogens (tertiary/aromatic N) is 1. The molecular formula is C12H8Cl2N2O2. The number of hydrogen-bond acceptors (Lipinski definition) is 3. The van der Waals surface area contributed by atoms with Gasteiger partial charge in [0.25, 0.3) is 5.91 Å². The fourth-order valence-corrected chi connectivity index (χ4v) is 1.60. The van der Waals surface area contributed by atoms with Crippen LogP contribution in [-0.2, 0) is 0 Å². The van der Waals surface area contributed by atoms with Crippen molar-refractivity contribution >= 4 is 34.8 Å². The van der Waals surface area contributed by atoms with Crippen molar-refractivity contribution in [1.29, 1.82) is 0 Å². The Balaban J connectivity index is 2.21. The maximum absolute atomic E-state index is 11.8. The van der Waals surface area contributed by atoms with Crippen LogP contribution < -0.4 is 5.32 Å². The lowest BCUT2D eigenvalue weighted by Gasteiger charge is -2.07. The summed E-state index contributed by atoms with van der Waals surface area (Å²) in [5.74, 6) is -0.466. The molecule has 2 aromatic rings. The van der Waals surface area contributed by atoms with Crippen LogP contribution in [0.4, 0.5) is 5.69 Å². The molecule has 0 bridgehead atoms. The molecule has 0 saturated heterocycles. The molecule has 0 radical (unpaired) electrons. The molecule has 4 nitrogen and oxygen atoms in total. The number of phenolic OH excluding ortho intramolecular Hbond substituents is 1. The third-order valence-electron chi connectivity index (χ3n) is 2.20. The lowest BCUT2D eigenvalue weighted by Crippen LogP contribution is -2.12. The Bertz CT molecular complexity index is 585. The number of aromatic nitrogens is 1. The molecular weight excluding hydrogens is 275 g/mol. The van der Waals surface area contributed by atoms with E-state index < -0.39 is 5.91 Å². The molecule has 0 atom stereocenters. The molecule has 18 heavy (non-hydrogen) atoms. The van der Waals surface area contributed by atoms with Crippen molar-refractivity contribution in [3.8, 4) is 5.75 Å². The Morgan fingerprint density at radius 1 is 1.22 bits per heavy atom. The molecule has 1 aromatic heterocycles. The number of amides is 1. The third-order valence-corrected chi connectivity index (χ3v) is 2.66. The van der Waals surface area contributed by atoms with Crippen LogP contribution in [0.2, 0.25) is 10.2 Å². The number of aromatic hydroxyl groups is 1. The van der Waals surface area contributed by atoms with E-state index in [1.54, 1.807) is 0 Å². The van der Waals surface area contributed by atoms with Gasteiger partial charge < -0.3 is 10.4 Å². The smallest absolute Gasteiger partial charge is 0.257 e. The van der Waals surface area contributed by atoms with Crippen molar-refractivity contribution in [1.82, 2.24) is 4.98 Å².